The molecule has 32 heavy (non-hydrogen) atoms. The van der Waals surface area contributed by atoms with Crippen molar-refractivity contribution in [2.75, 3.05) is 5.43 Å². The fourth-order valence-electron chi connectivity index (χ4n) is 3.31. The number of nitrogens with one attached hydrogen (secondary N) is 2. The van der Waals surface area contributed by atoms with Gasteiger partial charge in [0, 0.05) is 5.56 Å². The Labute approximate surface area is 186 Å². The molecule has 3 heterocycles. The minimum atomic E-state index is -0.322. The van der Waals surface area contributed by atoms with Gasteiger partial charge in [-0.15, -0.1) is 11.3 Å². The third-order valence-electron chi connectivity index (χ3n) is 4.79. The highest BCUT2D eigenvalue weighted by Gasteiger charge is 2.15. The fraction of sp³-hybridized carbons (Fsp3) is 0. The molecule has 0 fully saturated rings. The van der Waals surface area contributed by atoms with Crippen molar-refractivity contribution >= 4 is 34.5 Å². The molecular formula is C24H16FN5OS. The minimum Gasteiger partial charge on any atom is -0.291 e. The largest absolute Gasteiger partial charge is 0.291 e. The van der Waals surface area contributed by atoms with E-state index in [0.29, 0.717) is 16.6 Å². The zero-order valence-electron chi connectivity index (χ0n) is 16.6. The number of hydrazone groups is 1. The smallest absolute Gasteiger partial charge is 0.262 e. The summed E-state index contributed by atoms with van der Waals surface area (Å²) in [4.78, 5) is 25.8. The molecule has 156 valence electrons. The molecule has 5 aromatic rings. The van der Waals surface area contributed by atoms with Gasteiger partial charge >= 0.3 is 0 Å². The van der Waals surface area contributed by atoms with E-state index in [1.807, 2.05) is 53.9 Å². The normalized spacial score (nSPS) is 11.3. The predicted octanol–water partition coefficient (Wildman–Crippen LogP) is 5.30. The van der Waals surface area contributed by atoms with Crippen LogP contribution in [0.2, 0.25) is 0 Å². The van der Waals surface area contributed by atoms with Gasteiger partial charge in [0.1, 0.15) is 5.82 Å². The zero-order valence-corrected chi connectivity index (χ0v) is 17.4. The van der Waals surface area contributed by atoms with E-state index in [4.69, 9.17) is 0 Å². The highest BCUT2D eigenvalue weighted by molar-refractivity contribution is 7.13. The van der Waals surface area contributed by atoms with Crippen LogP contribution in [0.15, 0.2) is 88.1 Å². The number of pyridine rings is 1. The molecule has 0 aliphatic carbocycles. The summed E-state index contributed by atoms with van der Waals surface area (Å²) in [5, 5.41) is 6.47. The lowest BCUT2D eigenvalue weighted by Gasteiger charge is -2.09. The van der Waals surface area contributed by atoms with Crippen molar-refractivity contribution in [2.45, 2.75) is 0 Å². The maximum atomic E-state index is 13.0. The van der Waals surface area contributed by atoms with Crippen LogP contribution < -0.4 is 11.0 Å². The standard InChI is InChI=1S/C24H16FN5OS/c25-17-10-8-15(9-11-17)14-26-30-24-28-22-21(23(31)29-24)18(16-5-2-1-3-6-16)13-19(27-22)20-7-4-12-32-20/h1-14H,(H2,27,28,29,30,31)/b26-14+. The van der Waals surface area contributed by atoms with Gasteiger partial charge in [0.05, 0.1) is 22.2 Å². The summed E-state index contributed by atoms with van der Waals surface area (Å²) in [6.07, 6.45) is 1.51. The Morgan fingerprint density at radius 1 is 1.00 bits per heavy atom. The van der Waals surface area contributed by atoms with E-state index in [1.54, 1.807) is 23.5 Å². The second-order valence-electron chi connectivity index (χ2n) is 6.93. The molecule has 5 rings (SSSR count). The SMILES string of the molecule is O=c1[nH]c(N/N=C/c2ccc(F)cc2)nc2nc(-c3cccs3)cc(-c3ccccc3)c12. The highest BCUT2D eigenvalue weighted by atomic mass is 32.1. The number of hydrogen-bond donors (Lipinski definition) is 2. The van der Waals surface area contributed by atoms with E-state index in [9.17, 15) is 9.18 Å². The van der Waals surface area contributed by atoms with Crippen LogP contribution in [-0.2, 0) is 0 Å². The van der Waals surface area contributed by atoms with E-state index >= 15 is 0 Å². The van der Waals surface area contributed by atoms with Crippen LogP contribution in [0.4, 0.5) is 10.3 Å². The van der Waals surface area contributed by atoms with Crippen LogP contribution in [-0.4, -0.2) is 21.2 Å². The van der Waals surface area contributed by atoms with Crippen molar-refractivity contribution in [3.05, 3.63) is 99.9 Å². The monoisotopic (exact) mass is 441 g/mol. The molecule has 2 N–H and O–H groups in total. The molecule has 0 amide bonds. The lowest BCUT2D eigenvalue weighted by molar-refractivity contribution is 0.628. The number of hydrogen-bond acceptors (Lipinski definition) is 6. The number of aromatic amines is 1. The minimum absolute atomic E-state index is 0.163. The van der Waals surface area contributed by atoms with E-state index in [-0.39, 0.29) is 17.3 Å². The van der Waals surface area contributed by atoms with Crippen molar-refractivity contribution in [3.8, 4) is 21.7 Å². The Morgan fingerprint density at radius 2 is 1.81 bits per heavy atom. The summed E-state index contributed by atoms with van der Waals surface area (Å²) in [5.74, 6) is -0.159. The van der Waals surface area contributed by atoms with Crippen molar-refractivity contribution in [1.29, 1.82) is 0 Å². The Kier molecular flexibility index (Phi) is 5.27. The molecule has 0 spiro atoms. The van der Waals surface area contributed by atoms with Gasteiger partial charge in [0.2, 0.25) is 5.95 Å². The van der Waals surface area contributed by atoms with Gasteiger partial charge in [-0.25, -0.2) is 14.8 Å². The van der Waals surface area contributed by atoms with Crippen LogP contribution in [0, 0.1) is 5.82 Å². The average molecular weight is 441 g/mol. The van der Waals surface area contributed by atoms with Crippen LogP contribution >= 0.6 is 11.3 Å². The van der Waals surface area contributed by atoms with Crippen LogP contribution in [0.1, 0.15) is 5.56 Å². The lowest BCUT2D eigenvalue weighted by atomic mass is 10.0. The Bertz CT molecular complexity index is 1460. The number of H-pyrrole nitrogens is 1. The molecule has 2 aromatic carbocycles. The molecule has 0 bridgehead atoms. The molecule has 0 aliphatic rings. The van der Waals surface area contributed by atoms with Crippen LogP contribution in [0.3, 0.4) is 0 Å². The quantitative estimate of drug-likeness (QED) is 0.286. The van der Waals surface area contributed by atoms with Crippen molar-refractivity contribution in [2.24, 2.45) is 5.10 Å². The number of nitrogens with zero attached hydrogens (tertiary/aromatic N) is 3. The van der Waals surface area contributed by atoms with Gasteiger partial charge in [-0.1, -0.05) is 48.5 Å². The average Bonchev–Trinajstić information content (AvgIpc) is 3.35. The first-order valence-electron chi connectivity index (χ1n) is 9.76. The molecule has 0 radical (unpaired) electrons. The third-order valence-corrected chi connectivity index (χ3v) is 5.68. The van der Waals surface area contributed by atoms with Crippen LogP contribution in [0.5, 0.6) is 0 Å². The molecule has 0 atom stereocenters. The highest BCUT2D eigenvalue weighted by Crippen LogP contribution is 2.31. The molecule has 8 heteroatoms. The molecule has 0 aliphatic heterocycles. The maximum Gasteiger partial charge on any atom is 0.262 e. The molecule has 0 saturated heterocycles. The van der Waals surface area contributed by atoms with Gasteiger partial charge in [-0.05, 0) is 40.8 Å². The maximum absolute atomic E-state index is 13.0. The van der Waals surface area contributed by atoms with E-state index in [0.717, 1.165) is 21.7 Å². The Hall–Kier alpha value is -4.17. The summed E-state index contributed by atoms with van der Waals surface area (Å²) in [7, 11) is 0. The summed E-state index contributed by atoms with van der Waals surface area (Å²) in [6.45, 7) is 0. The molecule has 0 saturated carbocycles. The first-order chi connectivity index (χ1) is 15.7. The lowest BCUT2D eigenvalue weighted by Crippen LogP contribution is -2.13. The summed E-state index contributed by atoms with van der Waals surface area (Å²) >= 11 is 1.57. The number of benzene rings is 2. The second-order valence-corrected chi connectivity index (χ2v) is 7.88. The van der Waals surface area contributed by atoms with E-state index < -0.39 is 0 Å². The molecule has 6 nitrogen and oxygen atoms in total. The van der Waals surface area contributed by atoms with E-state index in [1.165, 1.54) is 18.3 Å². The second kappa shape index (κ2) is 8.52. The summed E-state index contributed by atoms with van der Waals surface area (Å²) < 4.78 is 13.0. The first-order valence-corrected chi connectivity index (χ1v) is 10.6. The van der Waals surface area contributed by atoms with Crippen LogP contribution in [0.25, 0.3) is 32.7 Å². The number of rotatable bonds is 5. The predicted molar refractivity (Wildman–Crippen MR) is 127 cm³/mol. The number of fused-ring (bicyclic) bond motifs is 1. The number of aromatic nitrogens is 3. The molecule has 3 aromatic heterocycles. The van der Waals surface area contributed by atoms with Crippen molar-refractivity contribution in [1.82, 2.24) is 15.0 Å². The fourth-order valence-corrected chi connectivity index (χ4v) is 3.99. The molecular weight excluding hydrogens is 425 g/mol. The number of anilines is 1. The van der Waals surface area contributed by atoms with Gasteiger partial charge in [0.15, 0.2) is 5.65 Å². The number of halogens is 1. The van der Waals surface area contributed by atoms with Gasteiger partial charge < -0.3 is 0 Å². The van der Waals surface area contributed by atoms with Crippen molar-refractivity contribution in [3.63, 3.8) is 0 Å². The van der Waals surface area contributed by atoms with E-state index in [2.05, 4.69) is 25.5 Å². The summed E-state index contributed by atoms with van der Waals surface area (Å²) in [5.41, 5.74) is 5.83. The summed E-state index contributed by atoms with van der Waals surface area (Å²) in [6, 6.07) is 21.4. The topological polar surface area (TPSA) is 83.0 Å². The molecule has 0 unspecified atom stereocenters. The Balaban J connectivity index is 1.59. The van der Waals surface area contributed by atoms with Gasteiger partial charge in [0.25, 0.3) is 5.56 Å². The van der Waals surface area contributed by atoms with Gasteiger partial charge in [-0.2, -0.15) is 10.1 Å². The third kappa shape index (κ3) is 4.03. The zero-order chi connectivity index (χ0) is 21.9. The Morgan fingerprint density at radius 3 is 2.56 bits per heavy atom. The van der Waals surface area contributed by atoms with Crippen molar-refractivity contribution < 1.29 is 4.39 Å². The number of thiophene rings is 1. The first kappa shape index (κ1) is 19.8. The van der Waals surface area contributed by atoms with Gasteiger partial charge in [-0.3, -0.25) is 9.78 Å².